The van der Waals surface area contributed by atoms with Gasteiger partial charge in [0.2, 0.25) is 0 Å². The Morgan fingerprint density at radius 3 is 2.90 bits per heavy atom. The number of aromatic amines is 1. The van der Waals surface area contributed by atoms with Crippen molar-refractivity contribution in [2.45, 2.75) is 6.04 Å². The molecule has 2 aromatic heterocycles. The first-order chi connectivity index (χ1) is 9.67. The van der Waals surface area contributed by atoms with E-state index in [1.807, 2.05) is 37.5 Å². The Kier molecular flexibility index (Phi) is 3.42. The first-order valence-electron chi connectivity index (χ1n) is 6.08. The van der Waals surface area contributed by atoms with E-state index in [0.717, 1.165) is 15.6 Å². The van der Waals surface area contributed by atoms with Crippen molar-refractivity contribution in [1.82, 2.24) is 15.3 Å². The lowest BCUT2D eigenvalue weighted by atomic mass is 10.0. The van der Waals surface area contributed by atoms with Gasteiger partial charge in [0.1, 0.15) is 0 Å². The molecule has 102 valence electrons. The van der Waals surface area contributed by atoms with Gasteiger partial charge in [-0.2, -0.15) is 0 Å². The van der Waals surface area contributed by atoms with Crippen LogP contribution in [0.15, 0.2) is 50.3 Å². The van der Waals surface area contributed by atoms with Crippen LogP contribution in [0, 0.1) is 0 Å². The molecule has 2 heterocycles. The summed E-state index contributed by atoms with van der Waals surface area (Å²) in [6.45, 7) is 0. The second-order valence-electron chi connectivity index (χ2n) is 4.43. The number of fused-ring (bicyclic) bond motifs is 1. The minimum Gasteiger partial charge on any atom is -0.408 e. The van der Waals surface area contributed by atoms with Crippen LogP contribution in [-0.4, -0.2) is 17.0 Å². The molecule has 5 nitrogen and oxygen atoms in total. The Hall–Kier alpha value is -1.92. The SMILES string of the molecule is CNC(c1cncc(Br)c1)c1ccc2[nH]c(=O)oc2c1. The standard InChI is InChI=1S/C14H12BrN3O2/c1-16-13(9-4-10(15)7-17-6-9)8-2-3-11-12(5-8)20-14(19)18-11/h2-7,13,16H,1H3,(H,18,19). The highest BCUT2D eigenvalue weighted by Gasteiger charge is 2.14. The molecule has 0 aliphatic rings. The number of pyridine rings is 1. The molecule has 20 heavy (non-hydrogen) atoms. The van der Waals surface area contributed by atoms with Crippen molar-refractivity contribution in [3.8, 4) is 0 Å². The topological polar surface area (TPSA) is 70.9 Å². The van der Waals surface area contributed by atoms with Gasteiger partial charge < -0.3 is 9.73 Å². The summed E-state index contributed by atoms with van der Waals surface area (Å²) in [5.74, 6) is -0.442. The smallest absolute Gasteiger partial charge is 0.408 e. The van der Waals surface area contributed by atoms with Gasteiger partial charge in [-0.3, -0.25) is 9.97 Å². The summed E-state index contributed by atoms with van der Waals surface area (Å²) >= 11 is 3.42. The minimum absolute atomic E-state index is 0.0235. The fraction of sp³-hybridized carbons (Fsp3) is 0.143. The Labute approximate surface area is 123 Å². The van der Waals surface area contributed by atoms with Crippen LogP contribution in [-0.2, 0) is 0 Å². The molecule has 3 rings (SSSR count). The van der Waals surface area contributed by atoms with E-state index < -0.39 is 5.76 Å². The van der Waals surface area contributed by atoms with Crippen molar-refractivity contribution >= 4 is 27.0 Å². The normalized spacial score (nSPS) is 12.7. The first kappa shape index (κ1) is 13.1. The van der Waals surface area contributed by atoms with E-state index in [0.29, 0.717) is 11.1 Å². The zero-order valence-corrected chi connectivity index (χ0v) is 12.3. The molecule has 0 radical (unpaired) electrons. The second-order valence-corrected chi connectivity index (χ2v) is 5.34. The molecule has 0 amide bonds. The van der Waals surface area contributed by atoms with Crippen LogP contribution in [0.3, 0.4) is 0 Å². The summed E-state index contributed by atoms with van der Waals surface area (Å²) in [6, 6.07) is 7.63. The summed E-state index contributed by atoms with van der Waals surface area (Å²) in [7, 11) is 1.88. The zero-order chi connectivity index (χ0) is 14.1. The third-order valence-electron chi connectivity index (χ3n) is 3.13. The molecule has 0 spiro atoms. The van der Waals surface area contributed by atoms with E-state index in [-0.39, 0.29) is 6.04 Å². The van der Waals surface area contributed by atoms with E-state index in [1.165, 1.54) is 0 Å². The minimum atomic E-state index is -0.442. The number of halogens is 1. The van der Waals surface area contributed by atoms with Crippen LogP contribution in [0.4, 0.5) is 0 Å². The highest BCUT2D eigenvalue weighted by molar-refractivity contribution is 9.10. The van der Waals surface area contributed by atoms with Crippen LogP contribution in [0.1, 0.15) is 17.2 Å². The van der Waals surface area contributed by atoms with Gasteiger partial charge >= 0.3 is 5.76 Å². The van der Waals surface area contributed by atoms with Crippen LogP contribution in [0.2, 0.25) is 0 Å². The fourth-order valence-corrected chi connectivity index (χ4v) is 2.64. The molecule has 0 saturated carbocycles. The molecule has 0 bridgehead atoms. The van der Waals surface area contributed by atoms with Gasteiger partial charge in [0.05, 0.1) is 11.6 Å². The molecule has 3 aromatic rings. The Balaban J connectivity index is 2.08. The monoisotopic (exact) mass is 333 g/mol. The molecule has 0 aliphatic carbocycles. The lowest BCUT2D eigenvalue weighted by Crippen LogP contribution is -2.17. The third-order valence-corrected chi connectivity index (χ3v) is 3.56. The largest absolute Gasteiger partial charge is 0.417 e. The van der Waals surface area contributed by atoms with Crippen molar-refractivity contribution in [2.75, 3.05) is 7.05 Å². The van der Waals surface area contributed by atoms with Gasteiger partial charge in [0, 0.05) is 16.9 Å². The number of oxazole rings is 1. The number of hydrogen-bond acceptors (Lipinski definition) is 4. The van der Waals surface area contributed by atoms with Crippen LogP contribution >= 0.6 is 15.9 Å². The number of nitrogens with zero attached hydrogens (tertiary/aromatic N) is 1. The molecule has 2 N–H and O–H groups in total. The van der Waals surface area contributed by atoms with Gasteiger partial charge in [-0.25, -0.2) is 4.79 Å². The third kappa shape index (κ3) is 2.39. The maximum absolute atomic E-state index is 11.2. The van der Waals surface area contributed by atoms with Crippen molar-refractivity contribution in [2.24, 2.45) is 0 Å². The second kappa shape index (κ2) is 5.22. The first-order valence-corrected chi connectivity index (χ1v) is 6.87. The average Bonchev–Trinajstić information content (AvgIpc) is 2.79. The van der Waals surface area contributed by atoms with E-state index in [2.05, 4.69) is 31.2 Å². The summed E-state index contributed by atoms with van der Waals surface area (Å²) in [4.78, 5) is 18.0. The van der Waals surface area contributed by atoms with Crippen LogP contribution < -0.4 is 11.1 Å². The molecule has 6 heteroatoms. The van der Waals surface area contributed by atoms with Crippen LogP contribution in [0.5, 0.6) is 0 Å². The number of hydrogen-bond donors (Lipinski definition) is 2. The van der Waals surface area contributed by atoms with Crippen molar-refractivity contribution in [3.63, 3.8) is 0 Å². The Morgan fingerprint density at radius 1 is 1.30 bits per heavy atom. The summed E-state index contributed by atoms with van der Waals surface area (Å²) in [5, 5.41) is 3.24. The van der Waals surface area contributed by atoms with E-state index in [9.17, 15) is 4.79 Å². The zero-order valence-electron chi connectivity index (χ0n) is 10.7. The number of H-pyrrole nitrogens is 1. The van der Waals surface area contributed by atoms with Gasteiger partial charge in [0.25, 0.3) is 0 Å². The average molecular weight is 334 g/mol. The summed E-state index contributed by atoms with van der Waals surface area (Å²) in [6.07, 6.45) is 3.55. The molecule has 1 unspecified atom stereocenters. The van der Waals surface area contributed by atoms with Crippen LogP contribution in [0.25, 0.3) is 11.1 Å². The van der Waals surface area contributed by atoms with E-state index in [4.69, 9.17) is 4.42 Å². The summed E-state index contributed by atoms with van der Waals surface area (Å²) < 4.78 is 6.02. The predicted octanol–water partition coefficient (Wildman–Crippen LogP) is 2.59. The molecule has 1 aromatic carbocycles. The number of benzene rings is 1. The quantitative estimate of drug-likeness (QED) is 0.772. The Bertz CT molecular complexity index is 809. The van der Waals surface area contributed by atoms with Gasteiger partial charge in [-0.15, -0.1) is 0 Å². The molecule has 1 atom stereocenters. The fourth-order valence-electron chi connectivity index (χ4n) is 2.25. The van der Waals surface area contributed by atoms with Crippen molar-refractivity contribution in [1.29, 1.82) is 0 Å². The number of nitrogens with one attached hydrogen (secondary N) is 2. The van der Waals surface area contributed by atoms with Gasteiger partial charge in [-0.05, 0) is 52.3 Å². The Morgan fingerprint density at radius 2 is 2.15 bits per heavy atom. The van der Waals surface area contributed by atoms with Gasteiger partial charge in [0.15, 0.2) is 5.58 Å². The lowest BCUT2D eigenvalue weighted by molar-refractivity contribution is 0.554. The molecular formula is C14H12BrN3O2. The lowest BCUT2D eigenvalue weighted by Gasteiger charge is -2.16. The highest BCUT2D eigenvalue weighted by Crippen LogP contribution is 2.25. The molecule has 0 fully saturated rings. The molecule has 0 aliphatic heterocycles. The van der Waals surface area contributed by atoms with Crippen molar-refractivity contribution in [3.05, 3.63) is 62.8 Å². The van der Waals surface area contributed by atoms with Gasteiger partial charge in [-0.1, -0.05) is 6.07 Å². The van der Waals surface area contributed by atoms with Crippen molar-refractivity contribution < 1.29 is 4.42 Å². The van der Waals surface area contributed by atoms with E-state index >= 15 is 0 Å². The highest BCUT2D eigenvalue weighted by atomic mass is 79.9. The summed E-state index contributed by atoms with van der Waals surface area (Å²) in [5.41, 5.74) is 3.28. The van der Waals surface area contributed by atoms with E-state index in [1.54, 1.807) is 6.20 Å². The maximum atomic E-state index is 11.2. The molecular weight excluding hydrogens is 322 g/mol. The number of rotatable bonds is 3. The molecule has 0 saturated heterocycles. The maximum Gasteiger partial charge on any atom is 0.417 e. The predicted molar refractivity (Wildman–Crippen MR) is 79.7 cm³/mol. The number of aromatic nitrogens is 2.